The average Bonchev–Trinajstić information content (AvgIpc) is 3.66. The van der Waals surface area contributed by atoms with Crippen molar-refractivity contribution in [2.75, 3.05) is 26.3 Å². The van der Waals surface area contributed by atoms with E-state index in [9.17, 15) is 15.2 Å². The van der Waals surface area contributed by atoms with E-state index in [4.69, 9.17) is 9.47 Å². The summed E-state index contributed by atoms with van der Waals surface area (Å²) in [7, 11) is 0. The molecule has 6 atom stereocenters. The van der Waals surface area contributed by atoms with E-state index in [-0.39, 0.29) is 30.1 Å². The molecule has 0 spiro atoms. The van der Waals surface area contributed by atoms with Crippen LogP contribution < -0.4 is 5.32 Å². The lowest BCUT2D eigenvalue weighted by Gasteiger charge is -2.39. The van der Waals surface area contributed by atoms with Gasteiger partial charge in [0, 0.05) is 25.1 Å². The van der Waals surface area contributed by atoms with Crippen LogP contribution in [-0.2, 0) is 20.7 Å². The van der Waals surface area contributed by atoms with E-state index in [1.807, 2.05) is 26.8 Å². The fourth-order valence-corrected chi connectivity index (χ4v) is 7.06. The lowest BCUT2D eigenvalue weighted by atomic mass is 9.87. The Morgan fingerprint density at radius 1 is 1.23 bits per heavy atom. The van der Waals surface area contributed by atoms with E-state index < -0.39 is 24.1 Å². The molecule has 39 heavy (non-hydrogen) atoms. The number of likely N-dealkylation sites (tertiary alicyclic amines) is 2. The molecule has 214 valence electrons. The van der Waals surface area contributed by atoms with Gasteiger partial charge in [-0.05, 0) is 101 Å². The van der Waals surface area contributed by atoms with Gasteiger partial charge in [0.15, 0.2) is 0 Å². The Morgan fingerprint density at radius 3 is 2.64 bits per heavy atom. The number of rotatable bonds is 8. The second-order valence-corrected chi connectivity index (χ2v) is 12.7. The standard InChI is InChI=1S/C30H43FN4O4/c1-30(2,3)39-29(37)35-24-7-6-22(15-24)27(35)28(36)33-23(17-32)14-21-5-4-20(16-26(21)31)19-8-11-34(12-9-19)25-10-13-38-18-25/h4-5,16,19,22-25,27,29,37H,6-15,18H2,1-3H3,(H,33,36)/t22-,23-,24+,25?,27-,29?/m0/s1. The van der Waals surface area contributed by atoms with Crippen LogP contribution in [0.5, 0.6) is 0 Å². The van der Waals surface area contributed by atoms with Crippen molar-refractivity contribution in [2.24, 2.45) is 5.92 Å². The Hall–Kier alpha value is -2.09. The summed E-state index contributed by atoms with van der Waals surface area (Å²) in [5.74, 6) is -0.203. The number of nitrogens with zero attached hydrogens (tertiary/aromatic N) is 3. The Kier molecular flexibility index (Phi) is 8.60. The zero-order chi connectivity index (χ0) is 27.7. The monoisotopic (exact) mass is 542 g/mol. The van der Waals surface area contributed by atoms with E-state index in [0.717, 1.165) is 70.4 Å². The van der Waals surface area contributed by atoms with Gasteiger partial charge in [-0.3, -0.25) is 9.69 Å². The zero-order valence-corrected chi connectivity index (χ0v) is 23.4. The van der Waals surface area contributed by atoms with Crippen molar-refractivity contribution in [3.05, 3.63) is 35.1 Å². The summed E-state index contributed by atoms with van der Waals surface area (Å²) in [6, 6.07) is 6.66. The summed E-state index contributed by atoms with van der Waals surface area (Å²) < 4.78 is 26.5. The lowest BCUT2D eigenvalue weighted by molar-refractivity contribution is -0.254. The second kappa shape index (κ2) is 11.8. The van der Waals surface area contributed by atoms with Crippen LogP contribution in [0.3, 0.4) is 0 Å². The first kappa shape index (κ1) is 28.4. The minimum absolute atomic E-state index is 0.0759. The third-order valence-electron chi connectivity index (χ3n) is 9.01. The highest BCUT2D eigenvalue weighted by Crippen LogP contribution is 2.44. The van der Waals surface area contributed by atoms with Gasteiger partial charge in [0.05, 0.1) is 24.3 Å². The molecule has 1 aromatic carbocycles. The van der Waals surface area contributed by atoms with E-state index in [2.05, 4.69) is 16.3 Å². The highest BCUT2D eigenvalue weighted by atomic mass is 19.1. The van der Waals surface area contributed by atoms with Crippen LogP contribution in [0.15, 0.2) is 18.2 Å². The molecule has 4 fully saturated rings. The molecule has 2 bridgehead atoms. The number of ether oxygens (including phenoxy) is 2. The van der Waals surface area contributed by atoms with E-state index in [0.29, 0.717) is 17.5 Å². The molecule has 8 nitrogen and oxygen atoms in total. The van der Waals surface area contributed by atoms with Gasteiger partial charge in [-0.15, -0.1) is 0 Å². The topological polar surface area (TPSA) is 98.1 Å². The van der Waals surface area contributed by atoms with Crippen LogP contribution >= 0.6 is 0 Å². The number of amides is 1. The first-order chi connectivity index (χ1) is 18.6. The van der Waals surface area contributed by atoms with E-state index in [1.54, 1.807) is 17.0 Å². The molecule has 3 saturated heterocycles. The first-order valence-electron chi connectivity index (χ1n) is 14.6. The molecule has 5 rings (SSSR count). The van der Waals surface area contributed by atoms with Gasteiger partial charge in [0.25, 0.3) is 0 Å². The maximum atomic E-state index is 15.2. The Morgan fingerprint density at radius 2 is 2.00 bits per heavy atom. The Balaban J connectivity index is 1.19. The minimum atomic E-state index is -1.19. The van der Waals surface area contributed by atoms with Crippen LogP contribution in [0.25, 0.3) is 0 Å². The van der Waals surface area contributed by atoms with Crippen molar-refractivity contribution in [1.82, 2.24) is 15.1 Å². The van der Waals surface area contributed by atoms with Crippen molar-refractivity contribution >= 4 is 5.91 Å². The van der Waals surface area contributed by atoms with Gasteiger partial charge in [-0.2, -0.15) is 5.26 Å². The summed E-state index contributed by atoms with van der Waals surface area (Å²) >= 11 is 0. The van der Waals surface area contributed by atoms with Crippen LogP contribution in [0.2, 0.25) is 0 Å². The number of nitriles is 1. The molecule has 1 amide bonds. The number of hydrogen-bond donors (Lipinski definition) is 2. The zero-order valence-electron chi connectivity index (χ0n) is 23.4. The number of carbonyl (C=O) groups is 1. The summed E-state index contributed by atoms with van der Waals surface area (Å²) in [5, 5.41) is 23.4. The number of carbonyl (C=O) groups excluding carboxylic acids is 1. The number of benzene rings is 1. The fourth-order valence-electron chi connectivity index (χ4n) is 7.06. The van der Waals surface area contributed by atoms with E-state index >= 15 is 4.39 Å². The molecule has 2 N–H and O–H groups in total. The molecule has 1 aliphatic carbocycles. The number of fused-ring (bicyclic) bond motifs is 2. The molecule has 9 heteroatoms. The Bertz CT molecular complexity index is 1060. The predicted octanol–water partition coefficient (Wildman–Crippen LogP) is 3.29. The van der Waals surface area contributed by atoms with Crippen LogP contribution in [0.4, 0.5) is 4.39 Å². The highest BCUT2D eigenvalue weighted by molar-refractivity contribution is 5.83. The molecule has 4 aliphatic rings. The number of aliphatic hydroxyl groups is 1. The summed E-state index contributed by atoms with van der Waals surface area (Å²) in [6.45, 7) is 9.24. The van der Waals surface area contributed by atoms with Gasteiger partial charge in [-0.1, -0.05) is 12.1 Å². The third kappa shape index (κ3) is 6.47. The maximum absolute atomic E-state index is 15.2. The lowest BCUT2D eigenvalue weighted by Crippen LogP contribution is -2.57. The minimum Gasteiger partial charge on any atom is -0.380 e. The van der Waals surface area contributed by atoms with Crippen molar-refractivity contribution in [2.45, 2.75) is 108 Å². The molecule has 3 heterocycles. The second-order valence-electron chi connectivity index (χ2n) is 12.7. The van der Waals surface area contributed by atoms with Crippen LogP contribution in [0.1, 0.15) is 76.3 Å². The fraction of sp³-hybridized carbons (Fsp3) is 0.733. The van der Waals surface area contributed by atoms with Gasteiger partial charge in [-0.25, -0.2) is 9.29 Å². The molecule has 1 saturated carbocycles. The molecule has 2 unspecified atom stereocenters. The number of hydrogen-bond acceptors (Lipinski definition) is 7. The first-order valence-corrected chi connectivity index (χ1v) is 14.6. The van der Waals surface area contributed by atoms with Crippen molar-refractivity contribution in [3.8, 4) is 6.07 Å². The van der Waals surface area contributed by atoms with Gasteiger partial charge in [0.2, 0.25) is 12.3 Å². The van der Waals surface area contributed by atoms with Crippen molar-refractivity contribution in [3.63, 3.8) is 0 Å². The third-order valence-corrected chi connectivity index (χ3v) is 9.01. The van der Waals surface area contributed by atoms with Crippen molar-refractivity contribution in [1.29, 1.82) is 5.26 Å². The average molecular weight is 543 g/mol. The predicted molar refractivity (Wildman–Crippen MR) is 144 cm³/mol. The normalized spacial score (nSPS) is 29.8. The van der Waals surface area contributed by atoms with E-state index in [1.165, 1.54) is 0 Å². The molecular weight excluding hydrogens is 499 g/mol. The van der Waals surface area contributed by atoms with Crippen molar-refractivity contribution < 1.29 is 23.8 Å². The maximum Gasteiger partial charge on any atom is 0.238 e. The number of piperidine rings is 2. The van der Waals surface area contributed by atoms with Gasteiger partial charge >= 0.3 is 0 Å². The van der Waals surface area contributed by atoms with Crippen LogP contribution in [0, 0.1) is 23.1 Å². The molecular formula is C30H43FN4O4. The summed E-state index contributed by atoms with van der Waals surface area (Å²) in [6.07, 6.45) is 4.62. The SMILES string of the molecule is CC(C)(C)OC(O)N1[C@@H]2CC[C@@H](C2)[C@H]1C(=O)N[C@H](C#N)Cc1ccc(C2CCN(C3CCOC3)CC2)cc1F. The Labute approximate surface area is 231 Å². The number of aliphatic hydroxyl groups excluding tert-OH is 1. The number of nitrogens with one attached hydrogen (secondary N) is 1. The quantitative estimate of drug-likeness (QED) is 0.487. The summed E-state index contributed by atoms with van der Waals surface area (Å²) in [4.78, 5) is 17.6. The number of halogens is 1. The molecule has 3 aliphatic heterocycles. The largest absolute Gasteiger partial charge is 0.380 e. The van der Waals surface area contributed by atoms with Gasteiger partial charge < -0.3 is 19.9 Å². The molecule has 0 aromatic heterocycles. The summed E-state index contributed by atoms with van der Waals surface area (Å²) in [5.41, 5.74) is 0.858. The smallest absolute Gasteiger partial charge is 0.238 e. The molecule has 0 radical (unpaired) electrons. The van der Waals surface area contributed by atoms with Gasteiger partial charge in [0.1, 0.15) is 11.9 Å². The van der Waals surface area contributed by atoms with Crippen LogP contribution in [-0.4, -0.2) is 83.3 Å². The molecule has 1 aromatic rings. The highest BCUT2D eigenvalue weighted by Gasteiger charge is 2.52.